The van der Waals surface area contributed by atoms with Crippen molar-refractivity contribution in [2.45, 2.75) is 51.8 Å². The Labute approximate surface area is 186 Å². The van der Waals surface area contributed by atoms with Crippen LogP contribution in [0, 0.1) is 5.41 Å². The van der Waals surface area contributed by atoms with Gasteiger partial charge in [-0.2, -0.15) is 0 Å². The van der Waals surface area contributed by atoms with Crippen LogP contribution in [-0.4, -0.2) is 55.4 Å². The fourth-order valence-corrected chi connectivity index (χ4v) is 4.08. The zero-order chi connectivity index (χ0) is 19.7. The quantitative estimate of drug-likeness (QED) is 0.698. The van der Waals surface area contributed by atoms with Crippen molar-refractivity contribution in [3.05, 3.63) is 29.8 Å². The third-order valence-corrected chi connectivity index (χ3v) is 6.48. The summed E-state index contributed by atoms with van der Waals surface area (Å²) >= 11 is 0. The van der Waals surface area contributed by atoms with Crippen LogP contribution in [0.15, 0.2) is 24.3 Å². The summed E-state index contributed by atoms with van der Waals surface area (Å²) in [5.41, 5.74) is 7.17. The molecule has 1 aromatic rings. The molecule has 3 atom stereocenters. The van der Waals surface area contributed by atoms with Crippen LogP contribution in [0.2, 0.25) is 0 Å². The molecule has 1 amide bonds. The van der Waals surface area contributed by atoms with Crippen LogP contribution in [0.1, 0.15) is 45.7 Å². The second-order valence-corrected chi connectivity index (χ2v) is 8.24. The third-order valence-electron chi connectivity index (χ3n) is 6.48. The number of benzene rings is 1. The molecule has 0 spiro atoms. The maximum absolute atomic E-state index is 12.8. The van der Waals surface area contributed by atoms with Crippen molar-refractivity contribution in [3.63, 3.8) is 0 Å². The Balaban J connectivity index is 0.00000210. The largest absolute Gasteiger partial charge is 0.379 e. The Morgan fingerprint density at radius 2 is 1.86 bits per heavy atom. The second-order valence-electron chi connectivity index (χ2n) is 8.24. The van der Waals surface area contributed by atoms with E-state index in [1.807, 2.05) is 32.9 Å². The summed E-state index contributed by atoms with van der Waals surface area (Å²) in [4.78, 5) is 15.2. The molecule has 2 aliphatic rings. The van der Waals surface area contributed by atoms with Crippen LogP contribution < -0.4 is 11.1 Å². The Morgan fingerprint density at radius 3 is 2.38 bits per heavy atom. The molecule has 1 aliphatic carbocycles. The predicted molar refractivity (Wildman–Crippen MR) is 121 cm³/mol. The number of rotatable bonds is 6. The Bertz CT molecular complexity index is 666. The number of amides is 1. The minimum atomic E-state index is -0.910. The van der Waals surface area contributed by atoms with E-state index in [2.05, 4.69) is 29.3 Å². The van der Waals surface area contributed by atoms with Crippen LogP contribution in [0.25, 0.3) is 0 Å². The van der Waals surface area contributed by atoms with E-state index in [0.29, 0.717) is 19.1 Å². The van der Waals surface area contributed by atoms with Gasteiger partial charge in [0, 0.05) is 43.3 Å². The molecule has 1 aliphatic heterocycles. The molecule has 166 valence electrons. The molecule has 1 heterocycles. The summed E-state index contributed by atoms with van der Waals surface area (Å²) in [5, 5.41) is 3.00. The smallest absolute Gasteiger partial charge is 0.245 e. The number of nitrogens with one attached hydrogen (secondary N) is 1. The number of ether oxygens (including phenoxy) is 2. The zero-order valence-corrected chi connectivity index (χ0v) is 19.4. The van der Waals surface area contributed by atoms with Crippen LogP contribution in [0.3, 0.4) is 0 Å². The molecule has 3 N–H and O–H groups in total. The molecule has 0 radical (unpaired) electrons. The highest BCUT2D eigenvalue weighted by atomic mass is 35.5. The Hall–Kier alpha value is -0.890. The van der Waals surface area contributed by atoms with Gasteiger partial charge >= 0.3 is 0 Å². The lowest BCUT2D eigenvalue weighted by Gasteiger charge is -2.57. The Kier molecular flexibility index (Phi) is 9.40. The molecule has 29 heavy (non-hydrogen) atoms. The molecule has 3 rings (SSSR count). The van der Waals surface area contributed by atoms with Gasteiger partial charge in [-0.1, -0.05) is 26.0 Å². The predicted octanol–water partition coefficient (Wildman–Crippen LogP) is 3.39. The van der Waals surface area contributed by atoms with Gasteiger partial charge in [0.25, 0.3) is 0 Å². The standard InChI is InChI=1S/C21H33N3O3.2ClH/c1-5-27-18-14-21(22,20(18,3)4)19(25)23-17-8-6-16(7-9-17)15(2)24-10-12-26-13-11-24;;/h6-9,15,18H,5,10-14,22H2,1-4H3,(H,23,25);2*1H. The first kappa shape index (κ1) is 26.1. The number of halogens is 2. The summed E-state index contributed by atoms with van der Waals surface area (Å²) in [6.07, 6.45) is 0.571. The van der Waals surface area contributed by atoms with Crippen molar-refractivity contribution >= 4 is 36.4 Å². The minimum absolute atomic E-state index is 0. The molecule has 0 aromatic heterocycles. The van der Waals surface area contributed by atoms with E-state index in [-0.39, 0.29) is 36.8 Å². The van der Waals surface area contributed by atoms with Gasteiger partial charge in [0.2, 0.25) is 5.91 Å². The van der Waals surface area contributed by atoms with Crippen molar-refractivity contribution in [1.29, 1.82) is 0 Å². The fraction of sp³-hybridized carbons (Fsp3) is 0.667. The van der Waals surface area contributed by atoms with Gasteiger partial charge in [-0.05, 0) is 31.5 Å². The number of nitrogens with zero attached hydrogens (tertiary/aromatic N) is 1. The molecule has 8 heteroatoms. The van der Waals surface area contributed by atoms with Gasteiger partial charge in [0.05, 0.1) is 19.3 Å². The number of carbonyl (C=O) groups excluding carboxylic acids is 1. The van der Waals surface area contributed by atoms with Crippen LogP contribution >= 0.6 is 24.8 Å². The maximum atomic E-state index is 12.8. The number of nitrogens with two attached hydrogens (primary N) is 1. The van der Waals surface area contributed by atoms with Gasteiger partial charge in [-0.3, -0.25) is 9.69 Å². The van der Waals surface area contributed by atoms with Gasteiger partial charge in [0.1, 0.15) is 5.54 Å². The van der Waals surface area contributed by atoms with Crippen LogP contribution in [0.5, 0.6) is 0 Å². The molecule has 1 aromatic carbocycles. The van der Waals surface area contributed by atoms with Gasteiger partial charge < -0.3 is 20.5 Å². The van der Waals surface area contributed by atoms with Gasteiger partial charge in [-0.15, -0.1) is 24.8 Å². The minimum Gasteiger partial charge on any atom is -0.379 e. The lowest BCUT2D eigenvalue weighted by molar-refractivity contribution is -0.166. The Morgan fingerprint density at radius 1 is 1.28 bits per heavy atom. The van der Waals surface area contributed by atoms with E-state index in [0.717, 1.165) is 32.0 Å². The average Bonchev–Trinajstić information content (AvgIpc) is 2.68. The molecule has 6 nitrogen and oxygen atoms in total. The van der Waals surface area contributed by atoms with E-state index in [9.17, 15) is 4.79 Å². The normalized spacial score (nSPS) is 27.0. The summed E-state index contributed by atoms with van der Waals surface area (Å²) in [6.45, 7) is 12.3. The second kappa shape index (κ2) is 10.4. The van der Waals surface area contributed by atoms with Crippen molar-refractivity contribution < 1.29 is 14.3 Å². The van der Waals surface area contributed by atoms with E-state index in [1.165, 1.54) is 5.56 Å². The van der Waals surface area contributed by atoms with Gasteiger partial charge in [-0.25, -0.2) is 0 Å². The highest BCUT2D eigenvalue weighted by molar-refractivity contribution is 5.99. The highest BCUT2D eigenvalue weighted by Gasteiger charge is 2.62. The van der Waals surface area contributed by atoms with Crippen molar-refractivity contribution in [2.24, 2.45) is 11.1 Å². The maximum Gasteiger partial charge on any atom is 0.245 e. The van der Waals surface area contributed by atoms with Crippen molar-refractivity contribution in [3.8, 4) is 0 Å². The lowest BCUT2D eigenvalue weighted by Crippen LogP contribution is -2.74. The molecule has 2 fully saturated rings. The monoisotopic (exact) mass is 447 g/mol. The molecule has 0 bridgehead atoms. The topological polar surface area (TPSA) is 76.8 Å². The highest BCUT2D eigenvalue weighted by Crippen LogP contribution is 2.50. The number of anilines is 1. The first-order valence-corrected chi connectivity index (χ1v) is 9.93. The van der Waals surface area contributed by atoms with Crippen LogP contribution in [-0.2, 0) is 14.3 Å². The number of hydrogen-bond donors (Lipinski definition) is 2. The van der Waals surface area contributed by atoms with Crippen molar-refractivity contribution in [2.75, 3.05) is 38.2 Å². The van der Waals surface area contributed by atoms with E-state index in [1.54, 1.807) is 0 Å². The molecule has 1 saturated heterocycles. The molecule has 1 saturated carbocycles. The van der Waals surface area contributed by atoms with Gasteiger partial charge in [0.15, 0.2) is 0 Å². The van der Waals surface area contributed by atoms with Crippen LogP contribution in [0.4, 0.5) is 5.69 Å². The summed E-state index contributed by atoms with van der Waals surface area (Å²) in [6, 6.07) is 8.40. The van der Waals surface area contributed by atoms with E-state index in [4.69, 9.17) is 15.2 Å². The number of morpholine rings is 1. The molecular formula is C21H35Cl2N3O3. The SMILES string of the molecule is CCOC1CC(N)(C(=O)Nc2ccc(C(C)N3CCOCC3)cc2)C1(C)C.Cl.Cl. The van der Waals surface area contributed by atoms with Crippen molar-refractivity contribution in [1.82, 2.24) is 4.90 Å². The number of carbonyl (C=O) groups is 1. The molecular weight excluding hydrogens is 413 g/mol. The molecule has 3 unspecified atom stereocenters. The summed E-state index contributed by atoms with van der Waals surface area (Å²) in [5.74, 6) is -0.141. The lowest BCUT2D eigenvalue weighted by atomic mass is 9.54. The zero-order valence-electron chi connectivity index (χ0n) is 17.8. The van der Waals surface area contributed by atoms with E-state index < -0.39 is 11.0 Å². The average molecular weight is 448 g/mol. The third kappa shape index (κ3) is 5.06. The number of hydrogen-bond acceptors (Lipinski definition) is 5. The first-order valence-electron chi connectivity index (χ1n) is 9.93. The first-order chi connectivity index (χ1) is 12.8. The van der Waals surface area contributed by atoms with E-state index >= 15 is 0 Å². The fourth-order valence-electron chi connectivity index (χ4n) is 4.08. The summed E-state index contributed by atoms with van der Waals surface area (Å²) in [7, 11) is 0. The summed E-state index contributed by atoms with van der Waals surface area (Å²) < 4.78 is 11.1.